The van der Waals surface area contributed by atoms with Crippen LogP contribution in [0.4, 0.5) is 10.5 Å². The zero-order valence-electron chi connectivity index (χ0n) is 8.87. The van der Waals surface area contributed by atoms with Gasteiger partial charge in [-0.15, -0.1) is 6.58 Å². The first-order chi connectivity index (χ1) is 8.04. The van der Waals surface area contributed by atoms with Crippen LogP contribution in [0.25, 0.3) is 0 Å². The summed E-state index contributed by atoms with van der Waals surface area (Å²) < 4.78 is 0. The first-order valence-corrected chi connectivity index (χ1v) is 5.11. The van der Waals surface area contributed by atoms with Gasteiger partial charge in [0, 0.05) is 6.54 Å². The molecule has 0 aliphatic heterocycles. The van der Waals surface area contributed by atoms with Gasteiger partial charge in [0.05, 0.1) is 16.3 Å². The fourth-order valence-corrected chi connectivity index (χ4v) is 1.31. The molecule has 1 aromatic rings. The molecule has 0 radical (unpaired) electrons. The number of hydrogen-bond donors (Lipinski definition) is 3. The molecule has 90 valence electrons. The SMILES string of the molecule is C=CCNC(=O)Nc1ccc(C(=O)O)cc1Cl. The van der Waals surface area contributed by atoms with Crippen molar-refractivity contribution >= 4 is 29.3 Å². The summed E-state index contributed by atoms with van der Waals surface area (Å²) in [4.78, 5) is 22.0. The average molecular weight is 255 g/mol. The van der Waals surface area contributed by atoms with Gasteiger partial charge in [0.15, 0.2) is 0 Å². The van der Waals surface area contributed by atoms with Crippen molar-refractivity contribution in [3.63, 3.8) is 0 Å². The van der Waals surface area contributed by atoms with E-state index in [1.54, 1.807) is 0 Å². The zero-order valence-corrected chi connectivity index (χ0v) is 9.62. The number of hydrogen-bond acceptors (Lipinski definition) is 2. The highest BCUT2D eigenvalue weighted by Gasteiger charge is 2.08. The molecule has 0 bridgehead atoms. The van der Waals surface area contributed by atoms with Gasteiger partial charge in [-0.3, -0.25) is 0 Å². The largest absolute Gasteiger partial charge is 0.478 e. The normalized spacial score (nSPS) is 9.47. The monoisotopic (exact) mass is 254 g/mol. The Balaban J connectivity index is 2.75. The molecular formula is C11H11ClN2O3. The number of benzene rings is 1. The van der Waals surface area contributed by atoms with Crippen molar-refractivity contribution in [1.29, 1.82) is 0 Å². The van der Waals surface area contributed by atoms with Crippen LogP contribution in [0, 0.1) is 0 Å². The van der Waals surface area contributed by atoms with Crippen molar-refractivity contribution < 1.29 is 14.7 Å². The number of carboxylic acid groups (broad SMARTS) is 1. The van der Waals surface area contributed by atoms with Gasteiger partial charge >= 0.3 is 12.0 Å². The first kappa shape index (κ1) is 13.1. The van der Waals surface area contributed by atoms with E-state index in [0.717, 1.165) is 0 Å². The summed E-state index contributed by atoms with van der Waals surface area (Å²) in [7, 11) is 0. The fraction of sp³-hybridized carbons (Fsp3) is 0.0909. The second-order valence-corrected chi connectivity index (χ2v) is 3.53. The van der Waals surface area contributed by atoms with Crippen molar-refractivity contribution in [2.45, 2.75) is 0 Å². The molecule has 0 spiro atoms. The molecule has 1 rings (SSSR count). The predicted molar refractivity (Wildman–Crippen MR) is 65.6 cm³/mol. The topological polar surface area (TPSA) is 78.4 Å². The van der Waals surface area contributed by atoms with Crippen molar-refractivity contribution in [2.75, 3.05) is 11.9 Å². The van der Waals surface area contributed by atoms with E-state index in [9.17, 15) is 9.59 Å². The van der Waals surface area contributed by atoms with Gasteiger partial charge in [-0.1, -0.05) is 17.7 Å². The molecule has 0 unspecified atom stereocenters. The molecule has 0 aromatic heterocycles. The van der Waals surface area contributed by atoms with Gasteiger partial charge in [-0.2, -0.15) is 0 Å². The fourth-order valence-electron chi connectivity index (χ4n) is 1.08. The highest BCUT2D eigenvalue weighted by Crippen LogP contribution is 2.22. The van der Waals surface area contributed by atoms with E-state index in [1.807, 2.05) is 0 Å². The highest BCUT2D eigenvalue weighted by molar-refractivity contribution is 6.34. The minimum atomic E-state index is -1.07. The smallest absolute Gasteiger partial charge is 0.335 e. The van der Waals surface area contributed by atoms with Gasteiger partial charge in [0.2, 0.25) is 0 Å². The van der Waals surface area contributed by atoms with Crippen LogP contribution in [0.3, 0.4) is 0 Å². The third-order valence-corrected chi connectivity index (χ3v) is 2.18. The third-order valence-electron chi connectivity index (χ3n) is 1.87. The van der Waals surface area contributed by atoms with Gasteiger partial charge in [-0.05, 0) is 18.2 Å². The predicted octanol–water partition coefficient (Wildman–Crippen LogP) is 2.35. The van der Waals surface area contributed by atoms with Crippen molar-refractivity contribution in [1.82, 2.24) is 5.32 Å². The molecule has 0 atom stereocenters. The molecule has 5 nitrogen and oxygen atoms in total. The molecule has 6 heteroatoms. The van der Waals surface area contributed by atoms with Gasteiger partial charge < -0.3 is 15.7 Å². The molecule has 3 N–H and O–H groups in total. The summed E-state index contributed by atoms with van der Waals surface area (Å²) in [6.07, 6.45) is 1.54. The number of amides is 2. The van der Waals surface area contributed by atoms with Gasteiger partial charge in [0.25, 0.3) is 0 Å². The van der Waals surface area contributed by atoms with Crippen LogP contribution in [0.2, 0.25) is 5.02 Å². The molecule has 1 aromatic carbocycles. The Labute approximate surface area is 103 Å². The Hall–Kier alpha value is -2.01. The number of halogens is 1. The quantitative estimate of drug-likeness (QED) is 0.722. The van der Waals surface area contributed by atoms with E-state index in [-0.39, 0.29) is 10.6 Å². The lowest BCUT2D eigenvalue weighted by Crippen LogP contribution is -2.28. The minimum Gasteiger partial charge on any atom is -0.478 e. The lowest BCUT2D eigenvalue weighted by molar-refractivity contribution is 0.0697. The van der Waals surface area contributed by atoms with E-state index < -0.39 is 12.0 Å². The van der Waals surface area contributed by atoms with Crippen LogP contribution in [-0.4, -0.2) is 23.7 Å². The Morgan fingerprint density at radius 1 is 1.47 bits per heavy atom. The van der Waals surface area contributed by atoms with Crippen molar-refractivity contribution in [3.8, 4) is 0 Å². The molecule has 0 saturated heterocycles. The number of carboxylic acids is 1. The molecule has 0 saturated carbocycles. The van der Waals surface area contributed by atoms with E-state index in [1.165, 1.54) is 24.3 Å². The maximum absolute atomic E-state index is 11.3. The maximum Gasteiger partial charge on any atom is 0.335 e. The maximum atomic E-state index is 11.3. The van der Waals surface area contributed by atoms with E-state index in [4.69, 9.17) is 16.7 Å². The highest BCUT2D eigenvalue weighted by atomic mass is 35.5. The molecule has 0 aliphatic carbocycles. The third kappa shape index (κ3) is 3.81. The summed E-state index contributed by atoms with van der Waals surface area (Å²) in [5, 5.41) is 13.9. The number of nitrogens with one attached hydrogen (secondary N) is 2. The van der Waals surface area contributed by atoms with Crippen LogP contribution >= 0.6 is 11.6 Å². The Morgan fingerprint density at radius 2 is 2.18 bits per heavy atom. The average Bonchev–Trinajstić information content (AvgIpc) is 2.28. The molecule has 2 amide bonds. The standard InChI is InChI=1S/C11H11ClN2O3/c1-2-5-13-11(17)14-9-4-3-7(10(15)16)6-8(9)12/h2-4,6H,1,5H2,(H,15,16)(H2,13,14,17). The Morgan fingerprint density at radius 3 is 2.71 bits per heavy atom. The summed E-state index contributed by atoms with van der Waals surface area (Å²) in [6, 6.07) is 3.62. The number of anilines is 1. The van der Waals surface area contributed by atoms with Crippen molar-refractivity contribution in [2.24, 2.45) is 0 Å². The zero-order chi connectivity index (χ0) is 12.8. The van der Waals surface area contributed by atoms with Crippen LogP contribution < -0.4 is 10.6 Å². The van der Waals surface area contributed by atoms with E-state index in [2.05, 4.69) is 17.2 Å². The number of rotatable bonds is 4. The van der Waals surface area contributed by atoms with Crippen LogP contribution in [0.15, 0.2) is 30.9 Å². The number of urea groups is 1. The van der Waals surface area contributed by atoms with Gasteiger partial charge in [0.1, 0.15) is 0 Å². The molecule has 17 heavy (non-hydrogen) atoms. The van der Waals surface area contributed by atoms with Crippen LogP contribution in [0.1, 0.15) is 10.4 Å². The van der Waals surface area contributed by atoms with Gasteiger partial charge in [-0.25, -0.2) is 9.59 Å². The summed E-state index contributed by atoms with van der Waals surface area (Å²) in [6.45, 7) is 3.78. The number of aromatic carboxylic acids is 1. The number of carbonyl (C=O) groups is 2. The Bertz CT molecular complexity index is 460. The first-order valence-electron chi connectivity index (χ1n) is 4.73. The summed E-state index contributed by atoms with van der Waals surface area (Å²) in [5.41, 5.74) is 0.408. The summed E-state index contributed by atoms with van der Waals surface area (Å²) in [5.74, 6) is -1.07. The Kier molecular flexibility index (Phi) is 4.54. The molecule has 0 aliphatic rings. The van der Waals surface area contributed by atoms with Crippen LogP contribution in [-0.2, 0) is 0 Å². The molecule has 0 heterocycles. The van der Waals surface area contributed by atoms with Crippen molar-refractivity contribution in [3.05, 3.63) is 41.4 Å². The lowest BCUT2D eigenvalue weighted by atomic mass is 10.2. The van der Waals surface area contributed by atoms with E-state index >= 15 is 0 Å². The van der Waals surface area contributed by atoms with Crippen LogP contribution in [0.5, 0.6) is 0 Å². The minimum absolute atomic E-state index is 0.0621. The number of carbonyl (C=O) groups excluding carboxylic acids is 1. The summed E-state index contributed by atoms with van der Waals surface area (Å²) >= 11 is 5.83. The lowest BCUT2D eigenvalue weighted by Gasteiger charge is -2.08. The molecular weight excluding hydrogens is 244 g/mol. The van der Waals surface area contributed by atoms with E-state index in [0.29, 0.717) is 12.2 Å². The molecule has 0 fully saturated rings. The second kappa shape index (κ2) is 5.91. The second-order valence-electron chi connectivity index (χ2n) is 3.12.